The van der Waals surface area contributed by atoms with E-state index in [1.807, 2.05) is 6.92 Å². The summed E-state index contributed by atoms with van der Waals surface area (Å²) < 4.78 is 13.7. The first-order valence-corrected chi connectivity index (χ1v) is 5.25. The molecule has 0 aromatic heterocycles. The monoisotopic (exact) mass is 276 g/mol. The van der Waals surface area contributed by atoms with Gasteiger partial charge in [0.1, 0.15) is 0 Å². The second-order valence-electron chi connectivity index (χ2n) is 2.86. The van der Waals surface area contributed by atoms with E-state index < -0.39 is 11.8 Å². The molecule has 15 heavy (non-hydrogen) atoms. The fraction of sp³-hybridized carbons (Fsp3) is 0.300. The molecule has 82 valence electrons. The number of hydrogen-bond acceptors (Lipinski definition) is 3. The van der Waals surface area contributed by atoms with Gasteiger partial charge in [-0.15, -0.1) is 0 Å². The molecule has 0 saturated carbocycles. The predicted molar refractivity (Wildman–Crippen MR) is 55.7 cm³/mol. The van der Waals surface area contributed by atoms with E-state index in [1.54, 1.807) is 6.07 Å². The first-order valence-electron chi connectivity index (χ1n) is 4.46. The van der Waals surface area contributed by atoms with Crippen LogP contribution in [0.15, 0.2) is 22.7 Å². The van der Waals surface area contributed by atoms with Gasteiger partial charge in [-0.25, -0.2) is 9.18 Å². The summed E-state index contributed by atoms with van der Waals surface area (Å²) in [6.45, 7) is 1.83. The molecule has 1 rings (SSSR count). The van der Waals surface area contributed by atoms with Crippen LogP contribution >= 0.6 is 15.9 Å². The zero-order chi connectivity index (χ0) is 11.3. The van der Waals surface area contributed by atoms with Crippen LogP contribution < -0.4 is 4.89 Å². The molecule has 0 heterocycles. The molecule has 0 fully saturated rings. The SMILES string of the molecule is CCCC(=O)OOc1ccc(Br)cc1F. The molecule has 5 heteroatoms. The number of halogens is 2. The van der Waals surface area contributed by atoms with Crippen molar-refractivity contribution in [3.63, 3.8) is 0 Å². The highest BCUT2D eigenvalue weighted by atomic mass is 79.9. The van der Waals surface area contributed by atoms with E-state index in [0.29, 0.717) is 10.9 Å². The highest BCUT2D eigenvalue weighted by molar-refractivity contribution is 9.10. The van der Waals surface area contributed by atoms with Crippen molar-refractivity contribution >= 4 is 21.9 Å². The molecule has 0 unspecified atom stereocenters. The van der Waals surface area contributed by atoms with Crippen LogP contribution in [0, 0.1) is 5.82 Å². The smallest absolute Gasteiger partial charge is 0.284 e. The summed E-state index contributed by atoms with van der Waals surface area (Å²) in [7, 11) is 0. The molecular weight excluding hydrogens is 267 g/mol. The van der Waals surface area contributed by atoms with Crippen molar-refractivity contribution in [2.45, 2.75) is 19.8 Å². The van der Waals surface area contributed by atoms with Crippen molar-refractivity contribution in [3.8, 4) is 5.75 Å². The average Bonchev–Trinajstić information content (AvgIpc) is 2.17. The number of hydrogen-bond donors (Lipinski definition) is 0. The summed E-state index contributed by atoms with van der Waals surface area (Å²) in [5.41, 5.74) is 0. The standard InChI is InChI=1S/C10H10BrFO3/c1-2-3-10(13)15-14-9-5-4-7(11)6-8(9)12/h4-6H,2-3H2,1H3. The Morgan fingerprint density at radius 1 is 1.53 bits per heavy atom. The number of carbonyl (C=O) groups is 1. The van der Waals surface area contributed by atoms with Crippen molar-refractivity contribution in [1.82, 2.24) is 0 Å². The zero-order valence-electron chi connectivity index (χ0n) is 8.13. The Bertz CT molecular complexity index is 355. The molecular formula is C10H10BrFO3. The van der Waals surface area contributed by atoms with Gasteiger partial charge in [-0.2, -0.15) is 0 Å². The van der Waals surface area contributed by atoms with Crippen molar-refractivity contribution < 1.29 is 19.0 Å². The van der Waals surface area contributed by atoms with E-state index in [2.05, 4.69) is 25.7 Å². The first kappa shape index (κ1) is 12.0. The third-order valence-electron chi connectivity index (χ3n) is 1.57. The van der Waals surface area contributed by atoms with Crippen LogP contribution in [0.25, 0.3) is 0 Å². The maximum Gasteiger partial charge on any atom is 0.355 e. The Morgan fingerprint density at radius 3 is 2.87 bits per heavy atom. The first-order chi connectivity index (χ1) is 7.13. The quantitative estimate of drug-likeness (QED) is 0.626. The Hall–Kier alpha value is -1.10. The van der Waals surface area contributed by atoms with Crippen LogP contribution in [0.5, 0.6) is 5.75 Å². The number of carbonyl (C=O) groups excluding carboxylic acids is 1. The van der Waals surface area contributed by atoms with E-state index in [4.69, 9.17) is 0 Å². The third kappa shape index (κ3) is 3.87. The summed E-state index contributed by atoms with van der Waals surface area (Å²) >= 11 is 3.10. The van der Waals surface area contributed by atoms with E-state index >= 15 is 0 Å². The summed E-state index contributed by atoms with van der Waals surface area (Å²) in [5.74, 6) is -1.21. The minimum Gasteiger partial charge on any atom is -0.284 e. The van der Waals surface area contributed by atoms with Gasteiger partial charge in [0.2, 0.25) is 5.75 Å². The molecule has 0 N–H and O–H groups in total. The fourth-order valence-corrected chi connectivity index (χ4v) is 1.21. The van der Waals surface area contributed by atoms with E-state index in [1.165, 1.54) is 12.1 Å². The minimum absolute atomic E-state index is 0.109. The van der Waals surface area contributed by atoms with Gasteiger partial charge in [0.25, 0.3) is 0 Å². The lowest BCUT2D eigenvalue weighted by molar-refractivity contribution is -0.214. The van der Waals surface area contributed by atoms with Crippen molar-refractivity contribution in [1.29, 1.82) is 0 Å². The molecule has 3 nitrogen and oxygen atoms in total. The molecule has 0 radical (unpaired) electrons. The largest absolute Gasteiger partial charge is 0.355 e. The molecule has 0 aliphatic carbocycles. The lowest BCUT2D eigenvalue weighted by Crippen LogP contribution is -2.07. The summed E-state index contributed by atoms with van der Waals surface area (Å²) in [6, 6.07) is 4.19. The van der Waals surface area contributed by atoms with Gasteiger partial charge in [-0.1, -0.05) is 22.9 Å². The molecule has 0 atom stereocenters. The number of rotatable bonds is 4. The van der Waals surface area contributed by atoms with Gasteiger partial charge < -0.3 is 0 Å². The summed E-state index contributed by atoms with van der Waals surface area (Å²) in [5, 5.41) is 0. The lowest BCUT2D eigenvalue weighted by atomic mass is 10.3. The summed E-state index contributed by atoms with van der Waals surface area (Å²) in [4.78, 5) is 19.9. The van der Waals surface area contributed by atoms with Gasteiger partial charge in [0.15, 0.2) is 5.82 Å². The van der Waals surface area contributed by atoms with Crippen LogP contribution in [-0.4, -0.2) is 5.97 Å². The molecule has 1 aromatic rings. The Balaban J connectivity index is 2.54. The van der Waals surface area contributed by atoms with Crippen LogP contribution in [-0.2, 0) is 9.68 Å². The van der Waals surface area contributed by atoms with Gasteiger partial charge >= 0.3 is 5.97 Å². The number of benzene rings is 1. The molecule has 0 saturated heterocycles. The fourth-order valence-electron chi connectivity index (χ4n) is 0.880. The molecule has 0 spiro atoms. The molecule has 0 bridgehead atoms. The lowest BCUT2D eigenvalue weighted by Gasteiger charge is -2.04. The highest BCUT2D eigenvalue weighted by Crippen LogP contribution is 2.21. The summed E-state index contributed by atoms with van der Waals surface area (Å²) in [6.07, 6.45) is 0.906. The third-order valence-corrected chi connectivity index (χ3v) is 2.07. The van der Waals surface area contributed by atoms with E-state index in [9.17, 15) is 9.18 Å². The highest BCUT2D eigenvalue weighted by Gasteiger charge is 2.08. The normalized spacial score (nSPS) is 9.80. The molecule has 0 aliphatic heterocycles. The maximum atomic E-state index is 13.1. The maximum absolute atomic E-state index is 13.1. The average molecular weight is 277 g/mol. The predicted octanol–water partition coefficient (Wildman–Crippen LogP) is 3.23. The van der Waals surface area contributed by atoms with E-state index in [0.717, 1.165) is 0 Å². The van der Waals surface area contributed by atoms with Crippen molar-refractivity contribution in [2.24, 2.45) is 0 Å². The zero-order valence-corrected chi connectivity index (χ0v) is 9.71. The van der Waals surface area contributed by atoms with Crippen LogP contribution in [0.1, 0.15) is 19.8 Å². The Labute approximate surface area is 95.2 Å². The second kappa shape index (κ2) is 5.70. The van der Waals surface area contributed by atoms with E-state index in [-0.39, 0.29) is 12.2 Å². The molecule has 0 aliphatic rings. The van der Waals surface area contributed by atoms with Crippen LogP contribution in [0.2, 0.25) is 0 Å². The van der Waals surface area contributed by atoms with Crippen molar-refractivity contribution in [2.75, 3.05) is 0 Å². The van der Waals surface area contributed by atoms with Gasteiger partial charge in [0, 0.05) is 10.9 Å². The van der Waals surface area contributed by atoms with Crippen LogP contribution in [0.3, 0.4) is 0 Å². The topological polar surface area (TPSA) is 35.5 Å². The van der Waals surface area contributed by atoms with Crippen LogP contribution in [0.4, 0.5) is 4.39 Å². The second-order valence-corrected chi connectivity index (χ2v) is 3.78. The van der Waals surface area contributed by atoms with Gasteiger partial charge in [-0.05, 0) is 24.6 Å². The van der Waals surface area contributed by atoms with Crippen molar-refractivity contribution in [3.05, 3.63) is 28.5 Å². The Morgan fingerprint density at radius 2 is 2.27 bits per heavy atom. The molecule has 0 amide bonds. The van der Waals surface area contributed by atoms with Gasteiger partial charge in [0.05, 0.1) is 0 Å². The van der Waals surface area contributed by atoms with Gasteiger partial charge in [-0.3, -0.25) is 9.78 Å². The Kier molecular flexibility index (Phi) is 4.55. The minimum atomic E-state index is -0.589. The molecule has 1 aromatic carbocycles.